The fourth-order valence-electron chi connectivity index (χ4n) is 4.27. The normalized spacial score (nSPS) is 11.4. The Morgan fingerprint density at radius 3 is 1.98 bits per heavy atom. The van der Waals surface area contributed by atoms with Gasteiger partial charge in [0.2, 0.25) is 5.91 Å². The molecule has 0 spiro atoms. The van der Waals surface area contributed by atoms with Crippen LogP contribution in [0.1, 0.15) is 5.56 Å². The van der Waals surface area contributed by atoms with E-state index in [0.29, 0.717) is 22.2 Å². The van der Waals surface area contributed by atoms with Gasteiger partial charge in [-0.3, -0.25) is 13.8 Å². The van der Waals surface area contributed by atoms with Crippen molar-refractivity contribution in [1.29, 1.82) is 0 Å². The molecule has 5 rings (SSSR count). The molecule has 230 valence electrons. The fraction of sp³-hybridized carbons (Fsp3) is 0.0606. The van der Waals surface area contributed by atoms with Gasteiger partial charge in [0, 0.05) is 10.7 Å². The number of halogens is 1. The minimum Gasteiger partial charge on any atom is -0.457 e. The highest BCUT2D eigenvalue weighted by Crippen LogP contribution is 2.28. The summed E-state index contributed by atoms with van der Waals surface area (Å²) >= 11 is 5.95. The second-order valence-corrected chi connectivity index (χ2v) is 13.9. The van der Waals surface area contributed by atoms with Crippen molar-refractivity contribution in [3.05, 3.63) is 138 Å². The summed E-state index contributed by atoms with van der Waals surface area (Å²) < 4.78 is 62.5. The Morgan fingerprint density at radius 2 is 1.33 bits per heavy atom. The number of ether oxygens (including phenoxy) is 1. The SMILES string of the molecule is Cc1ccc(S(=O)(=O)N(CC(=O)Nc2ccc(S(=O)(=O)Nc3cccc(Cl)c3)cc2)c2ccc(Oc3ccccc3)cc2)cc1. The number of sulfonamides is 2. The lowest BCUT2D eigenvalue weighted by Crippen LogP contribution is -2.38. The van der Waals surface area contributed by atoms with Gasteiger partial charge in [-0.15, -0.1) is 0 Å². The van der Waals surface area contributed by atoms with E-state index in [1.165, 1.54) is 42.5 Å². The molecule has 12 heteroatoms. The lowest BCUT2D eigenvalue weighted by molar-refractivity contribution is -0.114. The Bertz CT molecular complexity index is 2000. The number of carbonyl (C=O) groups excluding carboxylic acids is 1. The number of anilines is 3. The average Bonchev–Trinajstić information content (AvgIpc) is 3.01. The van der Waals surface area contributed by atoms with Crippen molar-refractivity contribution in [3.63, 3.8) is 0 Å². The smallest absolute Gasteiger partial charge is 0.264 e. The van der Waals surface area contributed by atoms with Crippen molar-refractivity contribution in [2.24, 2.45) is 0 Å². The first-order valence-corrected chi connectivity index (χ1v) is 16.9. The third kappa shape index (κ3) is 8.01. The van der Waals surface area contributed by atoms with Gasteiger partial charge in [-0.25, -0.2) is 16.8 Å². The average molecular weight is 662 g/mol. The molecule has 45 heavy (non-hydrogen) atoms. The summed E-state index contributed by atoms with van der Waals surface area (Å²) in [6.45, 7) is 1.29. The molecular weight excluding hydrogens is 634 g/mol. The van der Waals surface area contributed by atoms with Gasteiger partial charge >= 0.3 is 0 Å². The fourth-order valence-corrected chi connectivity index (χ4v) is 6.93. The second kappa shape index (κ2) is 13.4. The zero-order valence-corrected chi connectivity index (χ0v) is 26.3. The summed E-state index contributed by atoms with van der Waals surface area (Å²) in [6.07, 6.45) is 0. The van der Waals surface area contributed by atoms with Crippen LogP contribution in [0.25, 0.3) is 0 Å². The highest BCUT2D eigenvalue weighted by molar-refractivity contribution is 7.93. The van der Waals surface area contributed by atoms with E-state index in [1.54, 1.807) is 66.7 Å². The molecule has 0 saturated heterocycles. The number of hydrogen-bond acceptors (Lipinski definition) is 6. The molecule has 1 amide bonds. The summed E-state index contributed by atoms with van der Waals surface area (Å²) in [5.74, 6) is 0.470. The molecule has 0 aliphatic heterocycles. The Morgan fingerprint density at radius 1 is 0.711 bits per heavy atom. The molecule has 9 nitrogen and oxygen atoms in total. The van der Waals surface area contributed by atoms with E-state index in [0.717, 1.165) is 9.87 Å². The van der Waals surface area contributed by atoms with Crippen molar-refractivity contribution in [3.8, 4) is 11.5 Å². The van der Waals surface area contributed by atoms with Crippen molar-refractivity contribution in [2.45, 2.75) is 16.7 Å². The van der Waals surface area contributed by atoms with Crippen LogP contribution in [-0.2, 0) is 24.8 Å². The molecule has 0 aliphatic rings. The van der Waals surface area contributed by atoms with Crippen LogP contribution in [0.5, 0.6) is 11.5 Å². The van der Waals surface area contributed by atoms with Crippen LogP contribution in [0.3, 0.4) is 0 Å². The van der Waals surface area contributed by atoms with E-state index >= 15 is 0 Å². The van der Waals surface area contributed by atoms with Gasteiger partial charge in [-0.2, -0.15) is 0 Å². The summed E-state index contributed by atoms with van der Waals surface area (Å²) in [7, 11) is -8.08. The highest BCUT2D eigenvalue weighted by atomic mass is 35.5. The van der Waals surface area contributed by atoms with Crippen LogP contribution in [0.4, 0.5) is 17.1 Å². The van der Waals surface area contributed by atoms with Gasteiger partial charge in [-0.05, 0) is 97.9 Å². The topological polar surface area (TPSA) is 122 Å². The minimum atomic E-state index is -4.15. The summed E-state index contributed by atoms with van der Waals surface area (Å²) in [6, 6.07) is 33.6. The zero-order chi connectivity index (χ0) is 32.0. The second-order valence-electron chi connectivity index (χ2n) is 9.92. The van der Waals surface area contributed by atoms with Crippen molar-refractivity contribution >= 4 is 54.6 Å². The number of nitrogens with one attached hydrogen (secondary N) is 2. The van der Waals surface area contributed by atoms with Gasteiger partial charge in [-0.1, -0.05) is 53.6 Å². The van der Waals surface area contributed by atoms with Gasteiger partial charge in [0.1, 0.15) is 18.0 Å². The van der Waals surface area contributed by atoms with E-state index in [-0.39, 0.29) is 21.2 Å². The molecule has 0 heterocycles. The van der Waals surface area contributed by atoms with Crippen LogP contribution in [0.15, 0.2) is 137 Å². The van der Waals surface area contributed by atoms with Crippen LogP contribution in [0, 0.1) is 6.92 Å². The molecule has 0 saturated carbocycles. The van der Waals surface area contributed by atoms with Crippen molar-refractivity contribution in [2.75, 3.05) is 20.9 Å². The number of benzene rings is 5. The number of rotatable bonds is 11. The first-order valence-electron chi connectivity index (χ1n) is 13.6. The van der Waals surface area contributed by atoms with Crippen LogP contribution < -0.4 is 19.1 Å². The third-order valence-electron chi connectivity index (χ3n) is 6.53. The predicted octanol–water partition coefficient (Wildman–Crippen LogP) is 7.08. The predicted molar refractivity (Wildman–Crippen MR) is 176 cm³/mol. The number of carbonyl (C=O) groups is 1. The number of hydrogen-bond donors (Lipinski definition) is 2. The zero-order valence-electron chi connectivity index (χ0n) is 23.9. The van der Waals surface area contributed by atoms with E-state index in [9.17, 15) is 21.6 Å². The lowest BCUT2D eigenvalue weighted by Gasteiger charge is -2.24. The standard InChI is InChI=1S/C33H28ClN3O6S2/c1-24-10-18-32(19-11-24)45(41,42)37(28-14-16-30(17-15-28)43-29-8-3-2-4-9-29)23-33(38)35-26-12-20-31(21-13-26)44(39,40)36-27-7-5-6-25(34)22-27/h2-22,36H,23H2,1H3,(H,35,38). The van der Waals surface area contributed by atoms with E-state index in [4.69, 9.17) is 16.3 Å². The molecule has 0 atom stereocenters. The van der Waals surface area contributed by atoms with Gasteiger partial charge in [0.15, 0.2) is 0 Å². The molecule has 5 aromatic rings. The Kier molecular flexibility index (Phi) is 9.43. The first kappa shape index (κ1) is 31.6. The van der Waals surface area contributed by atoms with Gasteiger partial charge in [0.25, 0.3) is 20.0 Å². The molecule has 5 aromatic carbocycles. The third-order valence-corrected chi connectivity index (χ3v) is 9.95. The number of aryl methyl sites for hydroxylation is 1. The molecule has 0 bridgehead atoms. The summed E-state index contributed by atoms with van der Waals surface area (Å²) in [5, 5.41) is 3.03. The summed E-state index contributed by atoms with van der Waals surface area (Å²) in [5.41, 5.74) is 1.71. The number of nitrogens with zero attached hydrogens (tertiary/aromatic N) is 1. The highest BCUT2D eigenvalue weighted by Gasteiger charge is 2.27. The largest absolute Gasteiger partial charge is 0.457 e. The lowest BCUT2D eigenvalue weighted by atomic mass is 10.2. The van der Waals surface area contributed by atoms with Crippen LogP contribution >= 0.6 is 11.6 Å². The van der Waals surface area contributed by atoms with Crippen molar-refractivity contribution in [1.82, 2.24) is 0 Å². The van der Waals surface area contributed by atoms with E-state index < -0.39 is 32.5 Å². The maximum absolute atomic E-state index is 13.8. The Hall–Kier alpha value is -4.84. The van der Waals surface area contributed by atoms with Gasteiger partial charge < -0.3 is 10.1 Å². The molecule has 0 aromatic heterocycles. The molecule has 0 unspecified atom stereocenters. The van der Waals surface area contributed by atoms with E-state index in [2.05, 4.69) is 10.0 Å². The summed E-state index contributed by atoms with van der Waals surface area (Å²) in [4.78, 5) is 13.2. The maximum Gasteiger partial charge on any atom is 0.264 e. The molecule has 0 aliphatic carbocycles. The van der Waals surface area contributed by atoms with Gasteiger partial charge in [0.05, 0.1) is 21.2 Å². The van der Waals surface area contributed by atoms with Crippen LogP contribution in [-0.4, -0.2) is 29.3 Å². The maximum atomic E-state index is 13.8. The number of para-hydroxylation sites is 1. The first-order chi connectivity index (χ1) is 21.5. The molecular formula is C33H28ClN3O6S2. The van der Waals surface area contributed by atoms with E-state index in [1.807, 2.05) is 25.1 Å². The molecule has 0 radical (unpaired) electrons. The van der Waals surface area contributed by atoms with Crippen LogP contribution in [0.2, 0.25) is 5.02 Å². The number of amides is 1. The Balaban J connectivity index is 1.34. The monoisotopic (exact) mass is 661 g/mol. The minimum absolute atomic E-state index is 0.0206. The molecule has 2 N–H and O–H groups in total. The quantitative estimate of drug-likeness (QED) is 0.156. The molecule has 0 fully saturated rings. The van der Waals surface area contributed by atoms with Crippen molar-refractivity contribution < 1.29 is 26.4 Å². The Labute approximate surface area is 267 Å².